The second-order valence-electron chi connectivity index (χ2n) is 5.25. The molecule has 1 aromatic carbocycles. The smallest absolute Gasteiger partial charge is 0.170 e. The number of hydrogen-bond donors (Lipinski definition) is 0. The van der Waals surface area contributed by atoms with Crippen LogP contribution >= 0.6 is 0 Å². The normalized spacial score (nSPS) is 26.4. The molecule has 0 fully saturated rings. The van der Waals surface area contributed by atoms with Crippen LogP contribution in [0.3, 0.4) is 0 Å². The molecular formula is C18H19N3O. The van der Waals surface area contributed by atoms with Crippen LogP contribution in [0.4, 0.5) is 0 Å². The first-order valence-corrected chi connectivity index (χ1v) is 6.91. The molecule has 0 N–H and O–H groups in total. The van der Waals surface area contributed by atoms with Crippen LogP contribution in [0, 0.1) is 12.8 Å². The maximum Gasteiger partial charge on any atom is 0.170 e. The van der Waals surface area contributed by atoms with Crippen molar-refractivity contribution in [1.29, 1.82) is 0 Å². The zero-order valence-electron chi connectivity index (χ0n) is 21.6. The van der Waals surface area contributed by atoms with Crippen LogP contribution in [0.15, 0.2) is 36.6 Å². The number of rotatable bonds is 2. The molecule has 0 amide bonds. The van der Waals surface area contributed by atoms with E-state index in [-0.39, 0.29) is 24.1 Å². The van der Waals surface area contributed by atoms with Gasteiger partial charge in [-0.1, -0.05) is 18.2 Å². The maximum atomic E-state index is 13.6. The molecule has 2 aromatic heterocycles. The second-order valence-corrected chi connectivity index (χ2v) is 5.25. The summed E-state index contributed by atoms with van der Waals surface area (Å²) in [7, 11) is 0. The fourth-order valence-corrected chi connectivity index (χ4v) is 2.99. The first-order chi connectivity index (χ1) is 14.7. The van der Waals surface area contributed by atoms with Crippen molar-refractivity contribution in [2.75, 3.05) is 0 Å². The molecule has 1 atom stereocenters. The molecule has 1 unspecified atom stereocenters. The number of aryl methyl sites for hydroxylation is 2. The van der Waals surface area contributed by atoms with E-state index in [1.807, 2.05) is 0 Å². The zero-order chi connectivity index (χ0) is 23.8. The lowest BCUT2D eigenvalue weighted by Gasteiger charge is -2.23. The van der Waals surface area contributed by atoms with Gasteiger partial charge in [-0.25, -0.2) is 4.98 Å². The van der Waals surface area contributed by atoms with Crippen molar-refractivity contribution in [3.8, 4) is 0 Å². The SMILES string of the molecule is [2H]c1nc(C([2H])([2H])[2H])n(C([2H])([2H])C2CCc3c(c4ccccc4n3C([2H])([2H])[2H])C2=O)c1[2H]. The third-order valence-electron chi connectivity index (χ3n) is 4.03. The van der Waals surface area contributed by atoms with Crippen molar-refractivity contribution in [1.82, 2.24) is 14.1 Å². The van der Waals surface area contributed by atoms with E-state index in [0.717, 1.165) is 4.57 Å². The van der Waals surface area contributed by atoms with Crippen molar-refractivity contribution in [3.63, 3.8) is 0 Å². The molecule has 0 aliphatic heterocycles. The van der Waals surface area contributed by atoms with Gasteiger partial charge < -0.3 is 9.13 Å². The molecular weight excluding hydrogens is 274 g/mol. The van der Waals surface area contributed by atoms with Gasteiger partial charge in [0.05, 0.1) is 5.48 Å². The van der Waals surface area contributed by atoms with Crippen LogP contribution in [0.1, 0.15) is 42.0 Å². The summed E-state index contributed by atoms with van der Waals surface area (Å²) in [6.45, 7) is -8.12. The lowest BCUT2D eigenvalue weighted by atomic mass is 9.85. The van der Waals surface area contributed by atoms with Crippen molar-refractivity contribution >= 4 is 16.7 Å². The number of carbonyl (C=O) groups is 1. The van der Waals surface area contributed by atoms with Gasteiger partial charge >= 0.3 is 0 Å². The first-order valence-electron chi connectivity index (χ1n) is 11.9. The highest BCUT2D eigenvalue weighted by molar-refractivity contribution is 6.11. The van der Waals surface area contributed by atoms with Crippen molar-refractivity contribution < 1.29 is 18.5 Å². The first kappa shape index (κ1) is 6.41. The zero-order valence-corrected chi connectivity index (χ0v) is 11.6. The fraction of sp³-hybridized carbons (Fsp3) is 0.333. The number of fused-ring (bicyclic) bond motifs is 3. The molecule has 4 nitrogen and oxygen atoms in total. The number of nitrogens with zero attached hydrogens (tertiary/aromatic N) is 3. The van der Waals surface area contributed by atoms with Crippen molar-refractivity contribution in [2.45, 2.75) is 26.2 Å². The summed E-state index contributed by atoms with van der Waals surface area (Å²) >= 11 is 0. The molecule has 1 aliphatic carbocycles. The van der Waals surface area contributed by atoms with Crippen LogP contribution in [-0.4, -0.2) is 19.9 Å². The summed E-state index contributed by atoms with van der Waals surface area (Å²) in [6.07, 6.45) is -1.49. The second kappa shape index (κ2) is 4.83. The largest absolute Gasteiger partial charge is 0.347 e. The van der Waals surface area contributed by atoms with Crippen LogP contribution in [0.25, 0.3) is 10.9 Å². The minimum atomic E-state index is -2.90. The Morgan fingerprint density at radius 2 is 2.41 bits per heavy atom. The summed E-state index contributed by atoms with van der Waals surface area (Å²) in [5.74, 6) is -2.85. The lowest BCUT2D eigenvalue weighted by Crippen LogP contribution is -2.27. The molecule has 4 rings (SSSR count). The van der Waals surface area contributed by atoms with Crippen LogP contribution < -0.4 is 0 Å². The van der Waals surface area contributed by atoms with E-state index in [0.29, 0.717) is 15.5 Å². The van der Waals surface area contributed by atoms with E-state index < -0.39 is 50.2 Å². The summed E-state index contributed by atoms with van der Waals surface area (Å²) in [5, 5.41) is 0.373. The minimum absolute atomic E-state index is 0.0667. The number of Topliss-reactive ketones (excluding diaryl/α,β-unsaturated/α-hetero) is 1. The Labute approximate surface area is 143 Å². The Hall–Kier alpha value is -2.36. The Balaban J connectivity index is 1.91. The highest BCUT2D eigenvalue weighted by Gasteiger charge is 2.32. The van der Waals surface area contributed by atoms with Gasteiger partial charge in [0.1, 0.15) is 5.82 Å². The Morgan fingerprint density at radius 1 is 1.50 bits per heavy atom. The standard InChI is InChI=1S/C18H19N3O/c1-12-19-9-10-21(12)11-13-7-8-16-17(18(13)22)14-5-3-4-6-15(14)20(16)2/h3-6,9-10,13H,7-8,11H2,1-2H3/i1D3,2D3,9D,10D,11D2. The van der Waals surface area contributed by atoms with Gasteiger partial charge in [-0.15, -0.1) is 0 Å². The molecule has 3 aromatic rings. The topological polar surface area (TPSA) is 39.8 Å². The highest BCUT2D eigenvalue weighted by atomic mass is 16.1. The monoisotopic (exact) mass is 303 g/mol. The van der Waals surface area contributed by atoms with Crippen LogP contribution in [0.5, 0.6) is 0 Å². The summed E-state index contributed by atoms with van der Waals surface area (Å²) in [5.41, 5.74) is 0.690. The summed E-state index contributed by atoms with van der Waals surface area (Å²) in [6, 6.07) is 6.46. The predicted molar refractivity (Wildman–Crippen MR) is 86.0 cm³/mol. The number of ketones is 1. The number of para-hydroxylation sites is 1. The van der Waals surface area contributed by atoms with Crippen LogP contribution in [0.2, 0.25) is 0 Å². The average molecular weight is 303 g/mol. The average Bonchev–Trinajstić information content (AvgIpc) is 3.17. The summed E-state index contributed by atoms with van der Waals surface area (Å²) in [4.78, 5) is 17.1. The van der Waals surface area contributed by atoms with Gasteiger partial charge in [0.2, 0.25) is 0 Å². The van der Waals surface area contributed by atoms with Gasteiger partial charge in [-0.05, 0) is 25.8 Å². The van der Waals surface area contributed by atoms with E-state index in [2.05, 4.69) is 4.98 Å². The Kier molecular flexibility index (Phi) is 1.41. The van der Waals surface area contributed by atoms with E-state index in [1.165, 1.54) is 0 Å². The van der Waals surface area contributed by atoms with E-state index >= 15 is 0 Å². The molecule has 0 saturated heterocycles. The number of benzene rings is 1. The van der Waals surface area contributed by atoms with Crippen LogP contribution in [-0.2, 0) is 19.9 Å². The quantitative estimate of drug-likeness (QED) is 0.729. The molecule has 2 heterocycles. The highest BCUT2D eigenvalue weighted by Crippen LogP contribution is 2.34. The van der Waals surface area contributed by atoms with Gasteiger partial charge in [-0.3, -0.25) is 4.79 Å². The number of aromatic nitrogens is 3. The number of hydrogen-bond acceptors (Lipinski definition) is 2. The molecule has 0 radical (unpaired) electrons. The molecule has 1 aliphatic rings. The van der Waals surface area contributed by atoms with Gasteiger partial charge in [0.15, 0.2) is 5.78 Å². The number of imidazole rings is 1. The van der Waals surface area contributed by atoms with Crippen molar-refractivity contribution in [3.05, 3.63) is 53.7 Å². The van der Waals surface area contributed by atoms with Gasteiger partial charge in [0.25, 0.3) is 0 Å². The predicted octanol–water partition coefficient (Wildman–Crippen LogP) is 3.13. The molecule has 0 bridgehead atoms. The molecule has 112 valence electrons. The summed E-state index contributed by atoms with van der Waals surface area (Å²) < 4.78 is 81.3. The molecule has 0 spiro atoms. The van der Waals surface area contributed by atoms with Crippen molar-refractivity contribution in [2.24, 2.45) is 12.9 Å². The molecule has 0 saturated carbocycles. The van der Waals surface area contributed by atoms with Gasteiger partial charge in [0, 0.05) is 62.1 Å². The lowest BCUT2D eigenvalue weighted by molar-refractivity contribution is 0.0888. The maximum absolute atomic E-state index is 13.6. The van der Waals surface area contributed by atoms with E-state index in [9.17, 15) is 4.79 Å². The Bertz CT molecular complexity index is 1230. The number of carbonyl (C=O) groups excluding carboxylic acids is 1. The molecule has 22 heavy (non-hydrogen) atoms. The third-order valence-corrected chi connectivity index (χ3v) is 4.03. The van der Waals surface area contributed by atoms with E-state index in [4.69, 9.17) is 13.7 Å². The van der Waals surface area contributed by atoms with E-state index in [1.54, 1.807) is 24.3 Å². The Morgan fingerprint density at radius 3 is 3.27 bits per heavy atom. The third kappa shape index (κ3) is 1.83. The minimum Gasteiger partial charge on any atom is -0.347 e. The van der Waals surface area contributed by atoms with Gasteiger partial charge in [-0.2, -0.15) is 0 Å². The fourth-order valence-electron chi connectivity index (χ4n) is 2.99. The molecule has 4 heteroatoms.